The van der Waals surface area contributed by atoms with E-state index in [0.29, 0.717) is 6.42 Å². The van der Waals surface area contributed by atoms with Crippen molar-refractivity contribution in [1.82, 2.24) is 0 Å². The second-order valence-corrected chi connectivity index (χ2v) is 7.72. The summed E-state index contributed by atoms with van der Waals surface area (Å²) in [6.45, 7) is 8.53. The molecule has 19 heavy (non-hydrogen) atoms. The van der Waals surface area contributed by atoms with Crippen molar-refractivity contribution < 1.29 is 28.0 Å². The van der Waals surface area contributed by atoms with E-state index in [0.717, 1.165) is 6.42 Å². The Morgan fingerprint density at radius 1 is 1.21 bits per heavy atom. The molecule has 0 aliphatic carbocycles. The first-order valence-corrected chi connectivity index (χ1v) is 8.13. The van der Waals surface area contributed by atoms with Gasteiger partial charge in [0.15, 0.2) is 15.1 Å². The van der Waals surface area contributed by atoms with E-state index in [-0.39, 0.29) is 12.2 Å². The van der Waals surface area contributed by atoms with Crippen LogP contribution in [0.3, 0.4) is 0 Å². The van der Waals surface area contributed by atoms with Crippen LogP contribution < -0.4 is 0 Å². The van der Waals surface area contributed by atoms with E-state index in [1.54, 1.807) is 20.8 Å². The van der Waals surface area contributed by atoms with Crippen LogP contribution >= 0.6 is 0 Å². The number of carbonyl (C=O) groups is 1. The maximum Gasteiger partial charge on any atom is 0.363 e. The lowest BCUT2D eigenvalue weighted by Crippen LogP contribution is -2.34. The maximum absolute atomic E-state index is 11.8. The van der Waals surface area contributed by atoms with Crippen LogP contribution in [0.1, 0.15) is 53.9 Å². The summed E-state index contributed by atoms with van der Waals surface area (Å²) < 4.78 is 23.6. The second-order valence-electron chi connectivity index (χ2n) is 5.25. The zero-order valence-corrected chi connectivity index (χ0v) is 13.1. The Morgan fingerprint density at radius 3 is 2.21 bits per heavy atom. The number of hydrogen-bond acceptors (Lipinski definition) is 6. The zero-order chi connectivity index (χ0) is 15.1. The van der Waals surface area contributed by atoms with Gasteiger partial charge in [-0.15, -0.1) is 0 Å². The molecule has 0 saturated carbocycles. The predicted octanol–water partition coefficient (Wildman–Crippen LogP) is 2.18. The number of carbonyl (C=O) groups excluding carboxylic acids is 1. The van der Waals surface area contributed by atoms with Gasteiger partial charge in [0.2, 0.25) is 0 Å². The topological polar surface area (TPSA) is 78.9 Å². The molecule has 0 aliphatic heterocycles. The molecule has 0 heterocycles. The minimum atomic E-state index is -3.51. The van der Waals surface area contributed by atoms with Crippen molar-refractivity contribution in [1.29, 1.82) is 0 Å². The van der Waals surface area contributed by atoms with Crippen molar-refractivity contribution in [2.75, 3.05) is 5.75 Å². The van der Waals surface area contributed by atoms with Gasteiger partial charge in [-0.3, -0.25) is 4.89 Å². The smallest absolute Gasteiger partial charge is 0.267 e. The first kappa shape index (κ1) is 18.3. The molecule has 0 saturated heterocycles. The Morgan fingerprint density at radius 2 is 1.79 bits per heavy atom. The average Bonchev–Trinajstić information content (AvgIpc) is 2.27. The summed E-state index contributed by atoms with van der Waals surface area (Å²) in [5.74, 6) is -1.05. The molecule has 0 N–H and O–H groups in total. The van der Waals surface area contributed by atoms with Crippen LogP contribution in [0, 0.1) is 0 Å². The quantitative estimate of drug-likeness (QED) is 0.504. The van der Waals surface area contributed by atoms with E-state index in [1.165, 1.54) is 6.92 Å². The fourth-order valence-electron chi connectivity index (χ4n) is 1.24. The van der Waals surface area contributed by atoms with E-state index >= 15 is 0 Å². The Balaban J connectivity index is 4.56. The molecule has 0 aromatic rings. The van der Waals surface area contributed by atoms with Gasteiger partial charge < -0.3 is 0 Å². The minimum absolute atomic E-state index is 0.114. The van der Waals surface area contributed by atoms with Gasteiger partial charge in [-0.05, 0) is 32.2 Å². The first-order valence-electron chi connectivity index (χ1n) is 6.41. The molecule has 114 valence electrons. The summed E-state index contributed by atoms with van der Waals surface area (Å²) >= 11 is 0. The number of unbranched alkanes of at least 4 members (excludes halogenated alkanes) is 1. The molecule has 0 fully saturated rings. The minimum Gasteiger partial charge on any atom is -0.267 e. The Kier molecular flexibility index (Phi) is 7.54. The largest absolute Gasteiger partial charge is 0.363 e. The SMILES string of the molecule is CCCCC(C(=O)OOOC(C)(C)C)S(=O)(=O)CC. The third-order valence-electron chi connectivity index (χ3n) is 2.32. The van der Waals surface area contributed by atoms with Crippen LogP contribution in [-0.2, 0) is 29.4 Å². The van der Waals surface area contributed by atoms with Crippen molar-refractivity contribution in [2.45, 2.75) is 64.7 Å². The van der Waals surface area contributed by atoms with E-state index in [1.807, 2.05) is 6.92 Å². The molecular weight excluding hydrogens is 272 g/mol. The molecule has 1 atom stereocenters. The fourth-order valence-corrected chi connectivity index (χ4v) is 2.50. The van der Waals surface area contributed by atoms with Gasteiger partial charge in [-0.1, -0.05) is 26.7 Å². The second kappa shape index (κ2) is 7.81. The van der Waals surface area contributed by atoms with Crippen molar-refractivity contribution in [3.63, 3.8) is 0 Å². The predicted molar refractivity (Wildman–Crippen MR) is 70.8 cm³/mol. The summed E-state index contributed by atoms with van der Waals surface area (Å²) in [5, 5.41) is 3.15. The number of hydrogen-bond donors (Lipinski definition) is 0. The molecule has 0 spiro atoms. The van der Waals surface area contributed by atoms with Gasteiger partial charge in [0.05, 0.1) is 5.60 Å². The molecule has 7 heteroatoms. The Hall–Kier alpha value is -0.660. The van der Waals surface area contributed by atoms with Gasteiger partial charge in [0.1, 0.15) is 0 Å². The molecule has 0 aliphatic rings. The van der Waals surface area contributed by atoms with Crippen molar-refractivity contribution >= 4 is 15.8 Å². The lowest BCUT2D eigenvalue weighted by Gasteiger charge is -2.17. The highest BCUT2D eigenvalue weighted by atomic mass is 32.2. The van der Waals surface area contributed by atoms with Crippen molar-refractivity contribution in [2.24, 2.45) is 0 Å². The van der Waals surface area contributed by atoms with Gasteiger partial charge in [0.25, 0.3) is 0 Å². The summed E-state index contributed by atoms with van der Waals surface area (Å²) in [4.78, 5) is 20.9. The Labute approximate surface area is 115 Å². The third-order valence-corrected chi connectivity index (χ3v) is 4.42. The fraction of sp³-hybridized carbons (Fsp3) is 0.917. The summed E-state index contributed by atoms with van der Waals surface area (Å²) in [5.41, 5.74) is -0.650. The standard InChI is InChI=1S/C12H24O6S/c1-6-8-9-10(19(14,15)7-2)11(13)16-18-17-12(3,4)5/h10H,6-9H2,1-5H3. The molecule has 1 unspecified atom stereocenters. The molecule has 0 amide bonds. The average molecular weight is 296 g/mol. The van der Waals surface area contributed by atoms with Crippen LogP contribution in [0.15, 0.2) is 0 Å². The molecule has 0 bridgehead atoms. The summed E-state index contributed by atoms with van der Waals surface area (Å²) in [6, 6.07) is 0. The number of sulfone groups is 1. The monoisotopic (exact) mass is 296 g/mol. The zero-order valence-electron chi connectivity index (χ0n) is 12.3. The van der Waals surface area contributed by atoms with Crippen LogP contribution in [0.2, 0.25) is 0 Å². The van der Waals surface area contributed by atoms with Crippen LogP contribution in [0.4, 0.5) is 0 Å². The summed E-state index contributed by atoms with van der Waals surface area (Å²) in [6.07, 6.45) is 1.64. The van der Waals surface area contributed by atoms with Gasteiger partial charge >= 0.3 is 5.97 Å². The van der Waals surface area contributed by atoms with Gasteiger partial charge in [0, 0.05) is 5.75 Å². The van der Waals surface area contributed by atoms with Crippen LogP contribution in [0.5, 0.6) is 0 Å². The van der Waals surface area contributed by atoms with E-state index in [9.17, 15) is 13.2 Å². The first-order chi connectivity index (χ1) is 8.64. The highest BCUT2D eigenvalue weighted by Gasteiger charge is 2.33. The highest BCUT2D eigenvalue weighted by Crippen LogP contribution is 2.15. The third kappa shape index (κ3) is 7.49. The number of rotatable bonds is 8. The van der Waals surface area contributed by atoms with Crippen LogP contribution in [0.25, 0.3) is 0 Å². The van der Waals surface area contributed by atoms with Gasteiger partial charge in [-0.25, -0.2) is 13.2 Å². The molecule has 0 rings (SSSR count). The molecule has 6 nitrogen and oxygen atoms in total. The highest BCUT2D eigenvalue weighted by molar-refractivity contribution is 7.92. The van der Waals surface area contributed by atoms with Crippen molar-refractivity contribution in [3.8, 4) is 0 Å². The van der Waals surface area contributed by atoms with E-state index < -0.39 is 26.7 Å². The molecule has 0 aromatic heterocycles. The lowest BCUT2D eigenvalue weighted by atomic mass is 10.2. The normalized spacial score (nSPS) is 14.2. The molecular formula is C12H24O6S. The van der Waals surface area contributed by atoms with E-state index in [4.69, 9.17) is 4.89 Å². The summed E-state index contributed by atoms with van der Waals surface area (Å²) in [7, 11) is -3.51. The maximum atomic E-state index is 11.8. The lowest BCUT2D eigenvalue weighted by molar-refractivity contribution is -0.514. The molecule has 0 aromatic carbocycles. The Bertz CT molecular complexity index is 368. The van der Waals surface area contributed by atoms with Gasteiger partial charge in [-0.2, -0.15) is 4.89 Å². The van der Waals surface area contributed by atoms with Crippen LogP contribution in [-0.4, -0.2) is 31.0 Å². The molecule has 0 radical (unpaired) electrons. The van der Waals surface area contributed by atoms with E-state index in [2.05, 4.69) is 9.93 Å². The van der Waals surface area contributed by atoms with Crippen molar-refractivity contribution in [3.05, 3.63) is 0 Å².